The molecular formula is C48H93NO7. The van der Waals surface area contributed by atoms with Crippen molar-refractivity contribution in [3.8, 4) is 0 Å². The number of β-amino-alcohol motifs (C(OH)–C–C–N with tert-alkyl or cyclic N) is 1. The molecule has 1 rings (SSSR count). The molecule has 56 heavy (non-hydrogen) atoms. The van der Waals surface area contributed by atoms with E-state index in [2.05, 4.69) is 32.6 Å². The summed E-state index contributed by atoms with van der Waals surface area (Å²) in [5, 5.41) is 30.5. The average molecular weight is 796 g/mol. The Morgan fingerprint density at radius 3 is 1.02 bits per heavy atom. The number of hydrogen-bond donors (Lipinski definition) is 3. The summed E-state index contributed by atoms with van der Waals surface area (Å²) >= 11 is 0. The van der Waals surface area contributed by atoms with Gasteiger partial charge in [-0.3, -0.25) is 14.5 Å². The Kier molecular flexibility index (Phi) is 32.6. The number of aliphatic hydroxyl groups excluding tert-OH is 1. The third-order valence-electron chi connectivity index (χ3n) is 12.9. The zero-order chi connectivity index (χ0) is 41.2. The van der Waals surface area contributed by atoms with Crippen LogP contribution in [0.25, 0.3) is 0 Å². The number of carboxylic acids is 2. The Morgan fingerprint density at radius 1 is 0.464 bits per heavy atom. The number of carboxylic acid groups (broad SMARTS) is 2. The quantitative estimate of drug-likeness (QED) is 0.0523. The fourth-order valence-electron chi connectivity index (χ4n) is 9.08. The summed E-state index contributed by atoms with van der Waals surface area (Å²) in [7, 11) is 0. The number of carbonyl (C=O) groups is 2. The molecule has 0 bridgehead atoms. The van der Waals surface area contributed by atoms with Crippen molar-refractivity contribution in [1.29, 1.82) is 0 Å². The normalized spacial score (nSPS) is 18.3. The average Bonchev–Trinajstić information content (AvgIpc) is 3.57. The number of aliphatic hydroxyl groups is 1. The monoisotopic (exact) mass is 796 g/mol. The second-order valence-corrected chi connectivity index (χ2v) is 17.8. The SMILES string of the molecule is CCCCCCCCC(CCCCCC)(CCCCCO[C@H]1CN(CCO)C[C@H]1OCCCCCC(CCCCCC)(CCCCCCCC)C(=O)O)C(=O)O. The molecule has 8 nitrogen and oxygen atoms in total. The summed E-state index contributed by atoms with van der Waals surface area (Å²) in [6.45, 7) is 12.4. The minimum absolute atomic E-state index is 0.0361. The van der Waals surface area contributed by atoms with Gasteiger partial charge in [-0.2, -0.15) is 0 Å². The molecule has 0 aromatic carbocycles. The Morgan fingerprint density at radius 2 is 0.732 bits per heavy atom. The van der Waals surface area contributed by atoms with Crippen LogP contribution in [-0.4, -0.2) is 83.8 Å². The van der Waals surface area contributed by atoms with Gasteiger partial charge in [0.05, 0.1) is 29.6 Å². The van der Waals surface area contributed by atoms with Crippen LogP contribution in [0.5, 0.6) is 0 Å². The first-order chi connectivity index (χ1) is 27.2. The molecule has 8 heteroatoms. The third kappa shape index (κ3) is 23.4. The summed E-state index contributed by atoms with van der Waals surface area (Å²) < 4.78 is 12.8. The molecule has 0 amide bonds. The second kappa shape index (κ2) is 34.6. The van der Waals surface area contributed by atoms with Crippen LogP contribution in [0.4, 0.5) is 0 Å². The number of ether oxygens (including phenoxy) is 2. The maximum atomic E-state index is 12.7. The first-order valence-corrected chi connectivity index (χ1v) is 24.3. The predicted octanol–water partition coefficient (Wildman–Crippen LogP) is 12.8. The van der Waals surface area contributed by atoms with Crippen molar-refractivity contribution in [2.24, 2.45) is 10.8 Å². The van der Waals surface area contributed by atoms with E-state index in [1.165, 1.54) is 64.2 Å². The van der Waals surface area contributed by atoms with Crippen LogP contribution in [0.15, 0.2) is 0 Å². The summed E-state index contributed by atoms with van der Waals surface area (Å²) in [6, 6.07) is 0. The van der Waals surface area contributed by atoms with Gasteiger partial charge in [-0.1, -0.05) is 182 Å². The largest absolute Gasteiger partial charge is 0.481 e. The zero-order valence-corrected chi connectivity index (χ0v) is 37.4. The van der Waals surface area contributed by atoms with Gasteiger partial charge in [0.2, 0.25) is 0 Å². The van der Waals surface area contributed by atoms with Gasteiger partial charge in [-0.05, 0) is 51.4 Å². The highest BCUT2D eigenvalue weighted by Crippen LogP contribution is 2.39. The molecule has 1 aliphatic rings. The molecule has 0 aromatic rings. The van der Waals surface area contributed by atoms with Gasteiger partial charge in [0.15, 0.2) is 0 Å². The van der Waals surface area contributed by atoms with Gasteiger partial charge in [0.25, 0.3) is 0 Å². The van der Waals surface area contributed by atoms with Gasteiger partial charge >= 0.3 is 11.9 Å². The van der Waals surface area contributed by atoms with Crippen molar-refractivity contribution in [2.45, 2.75) is 245 Å². The third-order valence-corrected chi connectivity index (χ3v) is 12.9. The zero-order valence-electron chi connectivity index (χ0n) is 37.4. The van der Waals surface area contributed by atoms with Gasteiger partial charge < -0.3 is 24.8 Å². The number of hydrogen-bond acceptors (Lipinski definition) is 6. The highest BCUT2D eigenvalue weighted by molar-refractivity contribution is 5.75. The van der Waals surface area contributed by atoms with E-state index in [-0.39, 0.29) is 18.8 Å². The fraction of sp³-hybridized carbons (Fsp3) is 0.958. The minimum Gasteiger partial charge on any atom is -0.481 e. The number of likely N-dealkylation sites (tertiary alicyclic amines) is 1. The predicted molar refractivity (Wildman–Crippen MR) is 234 cm³/mol. The Balaban J connectivity index is 2.60. The molecule has 0 saturated carbocycles. The minimum atomic E-state index is -0.592. The topological polar surface area (TPSA) is 117 Å². The highest BCUT2D eigenvalue weighted by atomic mass is 16.5. The Bertz CT molecular complexity index is 863. The second-order valence-electron chi connectivity index (χ2n) is 17.8. The van der Waals surface area contributed by atoms with Crippen LogP contribution in [0.1, 0.15) is 233 Å². The van der Waals surface area contributed by atoms with Gasteiger partial charge in [-0.25, -0.2) is 0 Å². The molecule has 1 heterocycles. The number of rotatable bonds is 42. The van der Waals surface area contributed by atoms with Crippen LogP contribution in [-0.2, 0) is 19.1 Å². The van der Waals surface area contributed by atoms with Crippen LogP contribution in [0.3, 0.4) is 0 Å². The molecule has 2 unspecified atom stereocenters. The van der Waals surface area contributed by atoms with Gasteiger partial charge in [0.1, 0.15) is 0 Å². The van der Waals surface area contributed by atoms with Crippen LogP contribution in [0, 0.1) is 10.8 Å². The van der Waals surface area contributed by atoms with E-state index in [9.17, 15) is 24.9 Å². The van der Waals surface area contributed by atoms with E-state index < -0.39 is 22.8 Å². The van der Waals surface area contributed by atoms with Crippen LogP contribution in [0.2, 0.25) is 0 Å². The van der Waals surface area contributed by atoms with Crippen molar-refractivity contribution < 1.29 is 34.4 Å². The Labute approximate surface area is 346 Å². The summed E-state index contributed by atoms with van der Waals surface area (Å²) in [5.74, 6) is -1.18. The van der Waals surface area contributed by atoms with Crippen molar-refractivity contribution in [1.82, 2.24) is 4.90 Å². The molecule has 3 N–H and O–H groups in total. The lowest BCUT2D eigenvalue weighted by Crippen LogP contribution is -2.32. The van der Waals surface area contributed by atoms with E-state index in [0.717, 1.165) is 154 Å². The molecule has 1 aliphatic heterocycles. The first kappa shape index (κ1) is 52.8. The molecular weight excluding hydrogens is 703 g/mol. The molecule has 0 aliphatic carbocycles. The first-order valence-electron chi connectivity index (χ1n) is 24.3. The lowest BCUT2D eigenvalue weighted by molar-refractivity contribution is -0.151. The van der Waals surface area contributed by atoms with E-state index >= 15 is 0 Å². The van der Waals surface area contributed by atoms with Gasteiger partial charge in [-0.15, -0.1) is 0 Å². The standard InChI is InChI=1S/C48H93NO7/c1-5-9-13-17-19-25-33-47(45(51)52,31-23-15-11-7-3)35-27-21-29-39-55-43-41-49(37-38-50)42-44(43)56-40-30-22-28-36-48(46(53)54,32-24-16-12-8-4)34-26-20-18-14-10-6-2/h43-44,50H,5-42H2,1-4H3,(H,51,52)(H,53,54)/t43-,44+,47?,48?. The molecule has 0 aromatic heterocycles. The van der Waals surface area contributed by atoms with Crippen molar-refractivity contribution >= 4 is 11.9 Å². The molecule has 0 radical (unpaired) electrons. The summed E-state index contributed by atoms with van der Waals surface area (Å²) in [5.41, 5.74) is -1.18. The molecule has 0 spiro atoms. The van der Waals surface area contributed by atoms with Crippen molar-refractivity contribution in [3.63, 3.8) is 0 Å². The lowest BCUT2D eigenvalue weighted by atomic mass is 9.74. The number of unbranched alkanes of at least 4 members (excludes halogenated alkanes) is 20. The van der Waals surface area contributed by atoms with E-state index in [0.29, 0.717) is 19.8 Å². The maximum Gasteiger partial charge on any atom is 0.309 e. The summed E-state index contributed by atoms with van der Waals surface area (Å²) in [6.07, 6.45) is 33.4. The van der Waals surface area contributed by atoms with E-state index in [1.54, 1.807) is 0 Å². The molecule has 1 saturated heterocycles. The fourth-order valence-corrected chi connectivity index (χ4v) is 9.08. The van der Waals surface area contributed by atoms with Crippen LogP contribution >= 0.6 is 0 Å². The smallest absolute Gasteiger partial charge is 0.309 e. The molecule has 4 atom stereocenters. The van der Waals surface area contributed by atoms with Gasteiger partial charge in [0, 0.05) is 32.8 Å². The summed E-state index contributed by atoms with van der Waals surface area (Å²) in [4.78, 5) is 27.7. The van der Waals surface area contributed by atoms with Crippen molar-refractivity contribution in [3.05, 3.63) is 0 Å². The van der Waals surface area contributed by atoms with Crippen LogP contribution < -0.4 is 0 Å². The number of nitrogens with zero attached hydrogens (tertiary/aromatic N) is 1. The van der Waals surface area contributed by atoms with Crippen molar-refractivity contribution in [2.75, 3.05) is 39.5 Å². The number of aliphatic carboxylic acids is 2. The van der Waals surface area contributed by atoms with E-state index in [4.69, 9.17) is 9.47 Å². The van der Waals surface area contributed by atoms with E-state index in [1.807, 2.05) is 0 Å². The highest BCUT2D eigenvalue weighted by Gasteiger charge is 2.38. The maximum absolute atomic E-state index is 12.7. The molecule has 332 valence electrons. The lowest BCUT2D eigenvalue weighted by Gasteiger charge is -2.30. The molecule has 1 fully saturated rings. The Hall–Kier alpha value is -1.22.